The monoisotopic (exact) mass is 394 g/mol. The molecule has 6 heteroatoms. The summed E-state index contributed by atoms with van der Waals surface area (Å²) in [6, 6.07) is 18.2. The van der Waals surface area contributed by atoms with E-state index in [-0.39, 0.29) is 30.5 Å². The van der Waals surface area contributed by atoms with Crippen LogP contribution in [0.4, 0.5) is 0 Å². The lowest BCUT2D eigenvalue weighted by Crippen LogP contribution is -2.43. The molecule has 1 N–H and O–H groups in total. The Kier molecular flexibility index (Phi) is 5.53. The number of ether oxygens (including phenoxy) is 1. The Hall–Kier alpha value is -2.86. The molecule has 152 valence electrons. The maximum Gasteiger partial charge on any atom is 0.323 e. The maximum atomic E-state index is 13.0. The molecule has 0 spiro atoms. The van der Waals surface area contributed by atoms with Gasteiger partial charge in [-0.25, -0.2) is 0 Å². The summed E-state index contributed by atoms with van der Waals surface area (Å²) in [6.07, 6.45) is 1.61. The molecular weight excluding hydrogens is 368 g/mol. The second kappa shape index (κ2) is 8.25. The van der Waals surface area contributed by atoms with Crippen molar-refractivity contribution in [2.45, 2.75) is 30.8 Å². The highest BCUT2D eigenvalue weighted by Gasteiger charge is 2.45. The lowest BCUT2D eigenvalue weighted by molar-refractivity contribution is -0.144. The van der Waals surface area contributed by atoms with E-state index in [0.717, 1.165) is 24.3 Å². The van der Waals surface area contributed by atoms with Crippen LogP contribution in [0.3, 0.4) is 0 Å². The van der Waals surface area contributed by atoms with Crippen LogP contribution >= 0.6 is 0 Å². The van der Waals surface area contributed by atoms with Crippen LogP contribution in [0, 0.1) is 0 Å². The number of carbonyl (C=O) groups is 2. The number of hydrogen-bond acceptors (Lipinski definition) is 4. The fourth-order valence-corrected chi connectivity index (χ4v) is 4.81. The fourth-order valence-electron chi connectivity index (χ4n) is 4.81. The zero-order valence-corrected chi connectivity index (χ0v) is 16.5. The van der Waals surface area contributed by atoms with E-state index in [9.17, 15) is 9.59 Å². The van der Waals surface area contributed by atoms with Gasteiger partial charge in [-0.1, -0.05) is 42.5 Å². The quantitative estimate of drug-likeness (QED) is 0.816. The SMILES string of the molecule is COc1cccc(C2C(c3ccccc3)CCN2C2CCN(CC(=O)O)C2=O)c1. The van der Waals surface area contributed by atoms with E-state index in [4.69, 9.17) is 9.84 Å². The summed E-state index contributed by atoms with van der Waals surface area (Å²) < 4.78 is 5.44. The van der Waals surface area contributed by atoms with Gasteiger partial charge in [0.15, 0.2) is 0 Å². The Labute approximate surface area is 170 Å². The van der Waals surface area contributed by atoms with Crippen LogP contribution in [0.5, 0.6) is 5.75 Å². The summed E-state index contributed by atoms with van der Waals surface area (Å²) in [4.78, 5) is 27.8. The molecule has 2 aliphatic rings. The number of methoxy groups -OCH3 is 1. The minimum absolute atomic E-state index is 0.0474. The standard InChI is InChI=1S/C23H26N2O4/c1-29-18-9-5-8-17(14-18)22-19(16-6-3-2-4-7-16)10-13-25(22)20-11-12-24(23(20)28)15-21(26)27/h2-9,14,19-20,22H,10-13,15H2,1H3,(H,26,27). The van der Waals surface area contributed by atoms with Crippen LogP contribution in [-0.4, -0.2) is 59.6 Å². The van der Waals surface area contributed by atoms with E-state index in [2.05, 4.69) is 35.2 Å². The molecule has 2 aromatic carbocycles. The summed E-state index contributed by atoms with van der Waals surface area (Å²) in [7, 11) is 1.66. The zero-order chi connectivity index (χ0) is 20.4. The molecule has 3 unspecified atom stereocenters. The van der Waals surface area contributed by atoms with Crippen molar-refractivity contribution in [3.8, 4) is 5.75 Å². The van der Waals surface area contributed by atoms with Crippen LogP contribution in [0.1, 0.15) is 35.9 Å². The van der Waals surface area contributed by atoms with Gasteiger partial charge in [0, 0.05) is 25.0 Å². The van der Waals surface area contributed by atoms with E-state index >= 15 is 0 Å². The predicted molar refractivity (Wildman–Crippen MR) is 109 cm³/mol. The number of likely N-dealkylation sites (tertiary alicyclic amines) is 2. The van der Waals surface area contributed by atoms with Gasteiger partial charge in [0.25, 0.3) is 0 Å². The molecule has 3 atom stereocenters. The van der Waals surface area contributed by atoms with Crippen LogP contribution in [0.2, 0.25) is 0 Å². The number of carboxylic acids is 1. The first kappa shape index (κ1) is 19.5. The van der Waals surface area contributed by atoms with Crippen molar-refractivity contribution < 1.29 is 19.4 Å². The van der Waals surface area contributed by atoms with Crippen molar-refractivity contribution in [1.82, 2.24) is 9.80 Å². The van der Waals surface area contributed by atoms with E-state index in [0.29, 0.717) is 13.0 Å². The smallest absolute Gasteiger partial charge is 0.323 e. The van der Waals surface area contributed by atoms with Gasteiger partial charge in [-0.2, -0.15) is 0 Å². The Morgan fingerprint density at radius 3 is 2.55 bits per heavy atom. The third kappa shape index (κ3) is 3.85. The Morgan fingerprint density at radius 1 is 1.07 bits per heavy atom. The normalized spacial score (nSPS) is 24.8. The third-order valence-corrected chi connectivity index (χ3v) is 6.10. The minimum atomic E-state index is -0.966. The average molecular weight is 394 g/mol. The number of amides is 1. The molecule has 4 rings (SSSR count). The van der Waals surface area contributed by atoms with Crippen molar-refractivity contribution in [2.24, 2.45) is 0 Å². The topological polar surface area (TPSA) is 70.1 Å². The van der Waals surface area contributed by atoms with Crippen LogP contribution in [0.25, 0.3) is 0 Å². The van der Waals surface area contributed by atoms with Gasteiger partial charge in [0.05, 0.1) is 13.2 Å². The number of hydrogen-bond donors (Lipinski definition) is 1. The maximum absolute atomic E-state index is 13.0. The van der Waals surface area contributed by atoms with Gasteiger partial charge in [-0.3, -0.25) is 14.5 Å². The fraction of sp³-hybridized carbons (Fsp3) is 0.391. The van der Waals surface area contributed by atoms with Gasteiger partial charge < -0.3 is 14.7 Å². The van der Waals surface area contributed by atoms with Crippen molar-refractivity contribution in [3.63, 3.8) is 0 Å². The largest absolute Gasteiger partial charge is 0.497 e. The van der Waals surface area contributed by atoms with Gasteiger partial charge >= 0.3 is 5.97 Å². The molecule has 2 aliphatic heterocycles. The molecule has 0 aliphatic carbocycles. The zero-order valence-electron chi connectivity index (χ0n) is 16.5. The first-order chi connectivity index (χ1) is 14.1. The highest BCUT2D eigenvalue weighted by atomic mass is 16.5. The van der Waals surface area contributed by atoms with Crippen molar-refractivity contribution in [2.75, 3.05) is 26.7 Å². The van der Waals surface area contributed by atoms with Crippen molar-refractivity contribution in [3.05, 3.63) is 65.7 Å². The van der Waals surface area contributed by atoms with Gasteiger partial charge in [0.1, 0.15) is 12.3 Å². The molecular formula is C23H26N2O4. The van der Waals surface area contributed by atoms with Gasteiger partial charge in [-0.05, 0) is 36.1 Å². The Balaban J connectivity index is 1.67. The van der Waals surface area contributed by atoms with Crippen LogP contribution in [0.15, 0.2) is 54.6 Å². The number of carbonyl (C=O) groups excluding carboxylic acids is 1. The molecule has 0 saturated carbocycles. The summed E-state index contributed by atoms with van der Waals surface area (Å²) in [6.45, 7) is 1.07. The summed E-state index contributed by atoms with van der Waals surface area (Å²) in [5.41, 5.74) is 2.39. The number of benzene rings is 2. The molecule has 0 bridgehead atoms. The van der Waals surface area contributed by atoms with Crippen molar-refractivity contribution >= 4 is 11.9 Å². The number of carboxylic acid groups (broad SMARTS) is 1. The Morgan fingerprint density at radius 2 is 1.83 bits per heavy atom. The molecule has 2 fully saturated rings. The molecule has 2 aromatic rings. The van der Waals surface area contributed by atoms with E-state index in [1.54, 1.807) is 7.11 Å². The summed E-state index contributed by atoms with van der Waals surface area (Å²) in [5.74, 6) is 0.0250. The predicted octanol–water partition coefficient (Wildman–Crippen LogP) is 2.91. The van der Waals surface area contributed by atoms with Gasteiger partial charge in [0.2, 0.25) is 5.91 Å². The highest BCUT2D eigenvalue weighted by Crippen LogP contribution is 2.46. The lowest BCUT2D eigenvalue weighted by atomic mass is 9.87. The summed E-state index contributed by atoms with van der Waals surface area (Å²) in [5, 5.41) is 9.10. The third-order valence-electron chi connectivity index (χ3n) is 6.10. The molecule has 2 heterocycles. The molecule has 0 radical (unpaired) electrons. The molecule has 1 amide bonds. The lowest BCUT2D eigenvalue weighted by Gasteiger charge is -2.32. The molecule has 2 saturated heterocycles. The number of aliphatic carboxylic acids is 1. The molecule has 0 aromatic heterocycles. The second-order valence-corrected chi connectivity index (χ2v) is 7.72. The van der Waals surface area contributed by atoms with Crippen molar-refractivity contribution in [1.29, 1.82) is 0 Å². The summed E-state index contributed by atoms with van der Waals surface area (Å²) >= 11 is 0. The number of nitrogens with zero attached hydrogens (tertiary/aromatic N) is 2. The second-order valence-electron chi connectivity index (χ2n) is 7.72. The average Bonchev–Trinajstić information content (AvgIpc) is 3.32. The first-order valence-electron chi connectivity index (χ1n) is 10.0. The number of rotatable bonds is 6. The van der Waals surface area contributed by atoms with E-state index in [1.807, 2.05) is 24.3 Å². The first-order valence-corrected chi connectivity index (χ1v) is 10.0. The highest BCUT2D eigenvalue weighted by molar-refractivity contribution is 5.87. The van der Waals surface area contributed by atoms with Gasteiger partial charge in [-0.15, -0.1) is 0 Å². The molecule has 29 heavy (non-hydrogen) atoms. The minimum Gasteiger partial charge on any atom is -0.497 e. The Bertz CT molecular complexity index is 885. The van der Waals surface area contributed by atoms with E-state index in [1.165, 1.54) is 10.5 Å². The van der Waals surface area contributed by atoms with E-state index < -0.39 is 5.97 Å². The molecule has 6 nitrogen and oxygen atoms in total. The van der Waals surface area contributed by atoms with Crippen LogP contribution < -0.4 is 4.74 Å². The van der Waals surface area contributed by atoms with Crippen LogP contribution in [-0.2, 0) is 9.59 Å².